The van der Waals surface area contributed by atoms with Crippen LogP contribution in [0.3, 0.4) is 0 Å². The van der Waals surface area contributed by atoms with Gasteiger partial charge in [0, 0.05) is 30.8 Å². The van der Waals surface area contributed by atoms with E-state index in [1.54, 1.807) is 18.7 Å². The summed E-state index contributed by atoms with van der Waals surface area (Å²) in [4.78, 5) is 1.67. The molecule has 1 aliphatic heterocycles. The zero-order valence-corrected chi connectivity index (χ0v) is 14.6. The molecule has 0 bridgehead atoms. The topological polar surface area (TPSA) is 90.0 Å². The van der Waals surface area contributed by atoms with Crippen molar-refractivity contribution >= 4 is 0 Å². The molecule has 1 aliphatic rings. The third kappa shape index (κ3) is 3.64. The smallest absolute Gasteiger partial charge is 0.141 e. The molecule has 0 amide bonds. The number of aryl methyl sites for hydroxylation is 2. The lowest BCUT2D eigenvalue weighted by atomic mass is 9.99. The summed E-state index contributed by atoms with van der Waals surface area (Å²) < 4.78 is 34.0. The minimum atomic E-state index is -1.20. The summed E-state index contributed by atoms with van der Waals surface area (Å²) in [5, 5.41) is 32.8. The number of aliphatic hydroxyl groups is 3. The van der Waals surface area contributed by atoms with Crippen LogP contribution < -0.4 is 0 Å². The van der Waals surface area contributed by atoms with Gasteiger partial charge in [0.15, 0.2) is 0 Å². The Bertz CT molecular complexity index is 741. The summed E-state index contributed by atoms with van der Waals surface area (Å²) in [6, 6.07) is 2.52. The maximum Gasteiger partial charge on any atom is 0.141 e. The maximum atomic E-state index is 14.5. The van der Waals surface area contributed by atoms with Crippen molar-refractivity contribution in [2.45, 2.75) is 38.6 Å². The number of aliphatic hydroxyl groups excluding tert-OH is 3. The van der Waals surface area contributed by atoms with Crippen LogP contribution in [0, 0.1) is 25.5 Å². The van der Waals surface area contributed by atoms with Gasteiger partial charge in [-0.15, -0.1) is 0 Å². The number of hydrogen-bond donors (Lipinski definition) is 3. The fraction of sp³-hybridized carbons (Fsp3) is 0.500. The van der Waals surface area contributed by atoms with Gasteiger partial charge in [-0.25, -0.2) is 8.78 Å². The third-order valence-electron chi connectivity index (χ3n) is 4.82. The van der Waals surface area contributed by atoms with Gasteiger partial charge in [0.05, 0.1) is 17.9 Å². The number of nitrogens with zero attached hydrogens (tertiary/aromatic N) is 2. The first-order chi connectivity index (χ1) is 12.3. The average Bonchev–Trinajstić information content (AvgIpc) is 2.90. The summed E-state index contributed by atoms with van der Waals surface area (Å²) in [7, 11) is 0. The fourth-order valence-corrected chi connectivity index (χ4v) is 3.41. The Labute approximate surface area is 149 Å². The van der Waals surface area contributed by atoms with Crippen molar-refractivity contribution in [3.63, 3.8) is 0 Å². The second-order valence-corrected chi connectivity index (χ2v) is 6.75. The average molecular weight is 368 g/mol. The summed E-state index contributed by atoms with van der Waals surface area (Å²) in [6.07, 6.45) is -3.30. The minimum absolute atomic E-state index is 0.0596. The zero-order valence-electron chi connectivity index (χ0n) is 14.6. The van der Waals surface area contributed by atoms with Gasteiger partial charge in [0.2, 0.25) is 0 Å². The van der Waals surface area contributed by atoms with Gasteiger partial charge in [0.25, 0.3) is 0 Å². The number of aromatic nitrogens is 1. The van der Waals surface area contributed by atoms with Gasteiger partial charge in [-0.05, 0) is 38.0 Å². The molecular formula is C18H22F2N2O4. The Morgan fingerprint density at radius 3 is 2.19 bits per heavy atom. The molecule has 1 aromatic heterocycles. The maximum absolute atomic E-state index is 14.5. The summed E-state index contributed by atoms with van der Waals surface area (Å²) in [5.41, 5.74) is 1.44. The third-order valence-corrected chi connectivity index (χ3v) is 4.82. The van der Waals surface area contributed by atoms with Crippen LogP contribution in [-0.4, -0.2) is 63.3 Å². The number of benzene rings is 1. The van der Waals surface area contributed by atoms with Crippen molar-refractivity contribution in [1.29, 1.82) is 0 Å². The molecule has 0 radical (unpaired) electrons. The highest BCUT2D eigenvalue weighted by atomic mass is 19.1. The molecule has 3 rings (SSSR count). The molecule has 0 spiro atoms. The van der Waals surface area contributed by atoms with E-state index in [-0.39, 0.29) is 31.6 Å². The van der Waals surface area contributed by atoms with Crippen LogP contribution in [0.5, 0.6) is 0 Å². The largest absolute Gasteiger partial charge is 0.389 e. The van der Waals surface area contributed by atoms with Gasteiger partial charge >= 0.3 is 0 Å². The van der Waals surface area contributed by atoms with Gasteiger partial charge < -0.3 is 19.8 Å². The molecule has 142 valence electrons. The van der Waals surface area contributed by atoms with E-state index in [2.05, 4.69) is 5.16 Å². The van der Waals surface area contributed by atoms with Crippen LogP contribution in [0.15, 0.2) is 16.7 Å². The molecule has 8 heteroatoms. The predicted octanol–water partition coefficient (Wildman–Crippen LogP) is 1.18. The zero-order chi connectivity index (χ0) is 19.0. The summed E-state index contributed by atoms with van der Waals surface area (Å²) in [6.45, 7) is 3.91. The van der Waals surface area contributed by atoms with Crippen molar-refractivity contribution in [3.8, 4) is 11.1 Å². The lowest BCUT2D eigenvalue weighted by Crippen LogP contribution is -2.55. The molecule has 26 heavy (non-hydrogen) atoms. The fourth-order valence-electron chi connectivity index (χ4n) is 3.41. The number of piperidine rings is 1. The molecular weight excluding hydrogens is 346 g/mol. The van der Waals surface area contributed by atoms with Gasteiger partial charge in [-0.1, -0.05) is 5.16 Å². The highest BCUT2D eigenvalue weighted by Gasteiger charge is 2.33. The molecule has 2 aromatic rings. The Morgan fingerprint density at radius 2 is 1.69 bits per heavy atom. The monoisotopic (exact) mass is 368 g/mol. The number of hydrogen-bond acceptors (Lipinski definition) is 6. The quantitative estimate of drug-likeness (QED) is 0.751. The molecule has 3 N–H and O–H groups in total. The van der Waals surface area contributed by atoms with Gasteiger partial charge in [-0.3, -0.25) is 4.90 Å². The second kappa shape index (κ2) is 7.40. The van der Waals surface area contributed by atoms with Crippen LogP contribution in [0.25, 0.3) is 11.1 Å². The standard InChI is InChI=1S/C18H22F2N2O4/c1-9-17(10(2)26-21-9)11-5-13(19)12(14(20)6-11)3-4-22-7-15(23)18(25)16(24)8-22/h5-6,15-16,18,23-25H,3-4,7-8H2,1-2H3. The van der Waals surface area contributed by atoms with Crippen LogP contribution in [0.1, 0.15) is 17.0 Å². The molecule has 1 aromatic carbocycles. The molecule has 0 saturated carbocycles. The van der Waals surface area contributed by atoms with Crippen molar-refractivity contribution in [2.24, 2.45) is 0 Å². The Hall–Kier alpha value is -1.87. The van der Waals surface area contributed by atoms with Crippen molar-refractivity contribution < 1.29 is 28.6 Å². The van der Waals surface area contributed by atoms with Crippen LogP contribution in [0.2, 0.25) is 0 Å². The second-order valence-electron chi connectivity index (χ2n) is 6.75. The van der Waals surface area contributed by atoms with Crippen molar-refractivity contribution in [2.75, 3.05) is 19.6 Å². The van der Waals surface area contributed by atoms with E-state index in [0.717, 1.165) is 0 Å². The highest BCUT2D eigenvalue weighted by Crippen LogP contribution is 2.30. The lowest BCUT2D eigenvalue weighted by molar-refractivity contribution is -0.109. The van der Waals surface area contributed by atoms with E-state index < -0.39 is 29.9 Å². The van der Waals surface area contributed by atoms with E-state index >= 15 is 0 Å². The van der Waals surface area contributed by atoms with Gasteiger partial charge in [0.1, 0.15) is 23.5 Å². The molecule has 6 nitrogen and oxygen atoms in total. The number of rotatable bonds is 4. The Balaban J connectivity index is 1.75. The van der Waals surface area contributed by atoms with Crippen LogP contribution in [0.4, 0.5) is 8.78 Å². The molecule has 1 saturated heterocycles. The van der Waals surface area contributed by atoms with Crippen molar-refractivity contribution in [1.82, 2.24) is 10.1 Å². The number of β-amino-alcohol motifs (C(OH)–C–C–N with tert-alkyl or cyclic N) is 2. The number of likely N-dealkylation sites (tertiary alicyclic amines) is 1. The Kier molecular flexibility index (Phi) is 5.38. The van der Waals surface area contributed by atoms with Crippen molar-refractivity contribution in [3.05, 3.63) is 40.8 Å². The van der Waals surface area contributed by atoms with E-state index in [4.69, 9.17) is 4.52 Å². The molecule has 1 fully saturated rings. The number of halogens is 2. The first-order valence-electron chi connectivity index (χ1n) is 8.45. The molecule has 2 heterocycles. The SMILES string of the molecule is Cc1noc(C)c1-c1cc(F)c(CCN2CC(O)C(O)C(O)C2)c(F)c1. The van der Waals surface area contributed by atoms with E-state index in [1.807, 2.05) is 0 Å². The van der Waals surface area contributed by atoms with Crippen LogP contribution in [-0.2, 0) is 6.42 Å². The minimum Gasteiger partial charge on any atom is -0.389 e. The molecule has 2 unspecified atom stereocenters. The van der Waals surface area contributed by atoms with E-state index in [1.165, 1.54) is 12.1 Å². The highest BCUT2D eigenvalue weighted by molar-refractivity contribution is 5.68. The summed E-state index contributed by atoms with van der Waals surface area (Å²) in [5.74, 6) is -0.847. The lowest BCUT2D eigenvalue weighted by Gasteiger charge is -2.36. The first kappa shape index (κ1) is 18.9. The predicted molar refractivity (Wildman–Crippen MR) is 89.5 cm³/mol. The first-order valence-corrected chi connectivity index (χ1v) is 8.45. The van der Waals surface area contributed by atoms with E-state index in [9.17, 15) is 24.1 Å². The van der Waals surface area contributed by atoms with E-state index in [0.29, 0.717) is 22.6 Å². The summed E-state index contributed by atoms with van der Waals surface area (Å²) >= 11 is 0. The van der Waals surface area contributed by atoms with Gasteiger partial charge in [-0.2, -0.15) is 0 Å². The van der Waals surface area contributed by atoms with Crippen LogP contribution >= 0.6 is 0 Å². The Morgan fingerprint density at radius 1 is 1.12 bits per heavy atom. The molecule has 0 aliphatic carbocycles. The normalized spacial score (nSPS) is 24.2. The molecule has 2 atom stereocenters.